The first-order valence-corrected chi connectivity index (χ1v) is 7.62. The van der Waals surface area contributed by atoms with Crippen LogP contribution in [0.2, 0.25) is 0 Å². The van der Waals surface area contributed by atoms with E-state index in [0.29, 0.717) is 18.2 Å². The predicted octanol–water partition coefficient (Wildman–Crippen LogP) is 2.41. The molecule has 2 rings (SSSR count). The van der Waals surface area contributed by atoms with E-state index in [9.17, 15) is 0 Å². The summed E-state index contributed by atoms with van der Waals surface area (Å²) in [6, 6.07) is 0.672. The van der Waals surface area contributed by atoms with Crippen molar-refractivity contribution in [1.82, 2.24) is 10.2 Å². The van der Waals surface area contributed by atoms with Gasteiger partial charge >= 0.3 is 0 Å². The normalized spacial score (nSPS) is 31.3. The summed E-state index contributed by atoms with van der Waals surface area (Å²) >= 11 is 0. The lowest BCUT2D eigenvalue weighted by Gasteiger charge is -2.42. The number of nitrogens with one attached hydrogen (secondary N) is 1. The molecule has 1 aliphatic carbocycles. The minimum absolute atomic E-state index is 0.238. The van der Waals surface area contributed by atoms with Crippen molar-refractivity contribution in [3.05, 3.63) is 0 Å². The number of hydrogen-bond donors (Lipinski definition) is 1. The van der Waals surface area contributed by atoms with E-state index >= 15 is 0 Å². The van der Waals surface area contributed by atoms with Crippen LogP contribution in [0.4, 0.5) is 0 Å². The van der Waals surface area contributed by atoms with Gasteiger partial charge in [-0.1, -0.05) is 6.92 Å². The van der Waals surface area contributed by atoms with Crippen LogP contribution in [0.15, 0.2) is 0 Å². The van der Waals surface area contributed by atoms with Gasteiger partial charge in [-0.3, -0.25) is 0 Å². The summed E-state index contributed by atoms with van der Waals surface area (Å²) < 4.78 is 6.20. The second-order valence-corrected chi connectivity index (χ2v) is 6.95. The molecule has 1 heterocycles. The third-order valence-corrected chi connectivity index (χ3v) is 4.10. The Labute approximate surface area is 112 Å². The lowest BCUT2D eigenvalue weighted by molar-refractivity contribution is -0.0862. The van der Waals surface area contributed by atoms with E-state index in [0.717, 1.165) is 0 Å². The second kappa shape index (κ2) is 5.89. The van der Waals surface area contributed by atoms with E-state index in [1.165, 1.54) is 45.3 Å². The van der Waals surface area contributed by atoms with E-state index in [-0.39, 0.29) is 5.54 Å². The molecular weight excluding hydrogens is 224 g/mol. The summed E-state index contributed by atoms with van der Waals surface area (Å²) in [5.74, 6) is 0. The van der Waals surface area contributed by atoms with Crippen LogP contribution in [-0.4, -0.2) is 48.3 Å². The summed E-state index contributed by atoms with van der Waals surface area (Å²) in [7, 11) is 0. The molecule has 0 amide bonds. The van der Waals surface area contributed by atoms with Gasteiger partial charge in [-0.05, 0) is 53.0 Å². The Bertz CT molecular complexity index is 248. The molecule has 1 aliphatic heterocycles. The monoisotopic (exact) mass is 254 g/mol. The lowest BCUT2D eigenvalue weighted by Crippen LogP contribution is -2.53. The van der Waals surface area contributed by atoms with E-state index in [2.05, 4.69) is 37.9 Å². The third-order valence-electron chi connectivity index (χ3n) is 4.10. The first-order chi connectivity index (χ1) is 8.46. The van der Waals surface area contributed by atoms with Crippen molar-refractivity contribution in [2.45, 2.75) is 77.2 Å². The molecule has 0 spiro atoms. The maximum atomic E-state index is 6.20. The minimum atomic E-state index is 0.238. The van der Waals surface area contributed by atoms with Crippen LogP contribution >= 0.6 is 0 Å². The Morgan fingerprint density at radius 2 is 1.72 bits per heavy atom. The number of hydrogen-bond acceptors (Lipinski definition) is 3. The molecule has 2 aliphatic rings. The van der Waals surface area contributed by atoms with Gasteiger partial charge in [0.15, 0.2) is 0 Å². The van der Waals surface area contributed by atoms with Gasteiger partial charge in [0.25, 0.3) is 0 Å². The fourth-order valence-corrected chi connectivity index (χ4v) is 3.04. The van der Waals surface area contributed by atoms with Crippen molar-refractivity contribution < 1.29 is 4.74 Å². The van der Waals surface area contributed by atoms with Crippen LogP contribution in [-0.2, 0) is 4.74 Å². The molecule has 0 atom stereocenters. The summed E-state index contributed by atoms with van der Waals surface area (Å²) in [6.45, 7) is 12.6. The van der Waals surface area contributed by atoms with Crippen LogP contribution in [0.3, 0.4) is 0 Å². The topological polar surface area (TPSA) is 24.5 Å². The number of nitrogens with zero attached hydrogens (tertiary/aromatic N) is 1. The number of rotatable bonds is 4. The maximum absolute atomic E-state index is 6.20. The Kier molecular flexibility index (Phi) is 4.68. The SMILES string of the molecule is CCN1CCC(O[C@H]2C[C@@H](NC(C)(C)C)C2)CC1. The van der Waals surface area contributed by atoms with Crippen molar-refractivity contribution in [1.29, 1.82) is 0 Å². The molecule has 0 radical (unpaired) electrons. The zero-order valence-electron chi connectivity index (χ0n) is 12.5. The molecule has 1 N–H and O–H groups in total. The molecular formula is C15H30N2O. The molecule has 0 aromatic carbocycles. The molecule has 1 saturated heterocycles. The number of ether oxygens (including phenoxy) is 1. The van der Waals surface area contributed by atoms with Crippen molar-refractivity contribution in [2.24, 2.45) is 0 Å². The van der Waals surface area contributed by atoms with E-state index in [1.54, 1.807) is 0 Å². The highest BCUT2D eigenvalue weighted by molar-refractivity contribution is 4.91. The standard InChI is InChI=1S/C15H30N2O/c1-5-17-8-6-13(7-9-17)18-14-10-12(11-14)16-15(2,3)4/h12-14,16H,5-11H2,1-4H3/t12-,14+. The molecule has 2 fully saturated rings. The van der Waals surface area contributed by atoms with Crippen LogP contribution in [0.1, 0.15) is 53.4 Å². The molecule has 3 heteroatoms. The number of likely N-dealkylation sites (tertiary alicyclic amines) is 1. The highest BCUT2D eigenvalue weighted by Gasteiger charge is 2.34. The average molecular weight is 254 g/mol. The molecule has 106 valence electrons. The van der Waals surface area contributed by atoms with Gasteiger partial charge < -0.3 is 15.0 Å². The predicted molar refractivity (Wildman–Crippen MR) is 75.9 cm³/mol. The molecule has 0 aromatic rings. The molecule has 1 saturated carbocycles. The fourth-order valence-electron chi connectivity index (χ4n) is 3.04. The van der Waals surface area contributed by atoms with Gasteiger partial charge in [0.1, 0.15) is 0 Å². The lowest BCUT2D eigenvalue weighted by atomic mass is 9.87. The first-order valence-electron chi connectivity index (χ1n) is 7.62. The quantitative estimate of drug-likeness (QED) is 0.834. The number of piperidine rings is 1. The summed E-state index contributed by atoms with van der Waals surface area (Å²) in [6.07, 6.45) is 5.89. The van der Waals surface area contributed by atoms with Crippen LogP contribution < -0.4 is 5.32 Å². The fraction of sp³-hybridized carbons (Fsp3) is 1.00. The second-order valence-electron chi connectivity index (χ2n) is 6.95. The van der Waals surface area contributed by atoms with Gasteiger partial charge in [0.2, 0.25) is 0 Å². The van der Waals surface area contributed by atoms with Crippen molar-refractivity contribution in [2.75, 3.05) is 19.6 Å². The molecule has 18 heavy (non-hydrogen) atoms. The van der Waals surface area contributed by atoms with Gasteiger partial charge in [-0.25, -0.2) is 0 Å². The summed E-state index contributed by atoms with van der Waals surface area (Å²) in [5, 5.41) is 3.65. The van der Waals surface area contributed by atoms with Crippen molar-refractivity contribution >= 4 is 0 Å². The van der Waals surface area contributed by atoms with Crippen LogP contribution in [0, 0.1) is 0 Å². The van der Waals surface area contributed by atoms with Gasteiger partial charge in [-0.2, -0.15) is 0 Å². The van der Waals surface area contributed by atoms with Crippen molar-refractivity contribution in [3.8, 4) is 0 Å². The Hall–Kier alpha value is -0.120. The first kappa shape index (κ1) is 14.3. The van der Waals surface area contributed by atoms with E-state index < -0.39 is 0 Å². The molecule has 3 nitrogen and oxygen atoms in total. The van der Waals surface area contributed by atoms with E-state index in [4.69, 9.17) is 4.74 Å². The molecule has 0 bridgehead atoms. The molecule has 0 unspecified atom stereocenters. The average Bonchev–Trinajstić information content (AvgIpc) is 2.25. The molecule has 0 aromatic heterocycles. The van der Waals surface area contributed by atoms with Crippen LogP contribution in [0.25, 0.3) is 0 Å². The van der Waals surface area contributed by atoms with Gasteiger partial charge in [-0.15, -0.1) is 0 Å². The van der Waals surface area contributed by atoms with Gasteiger partial charge in [0, 0.05) is 24.7 Å². The largest absolute Gasteiger partial charge is 0.375 e. The van der Waals surface area contributed by atoms with E-state index in [1.807, 2.05) is 0 Å². The zero-order chi connectivity index (χ0) is 13.2. The zero-order valence-corrected chi connectivity index (χ0v) is 12.5. The Morgan fingerprint density at radius 3 is 2.22 bits per heavy atom. The summed E-state index contributed by atoms with van der Waals surface area (Å²) in [4.78, 5) is 2.52. The van der Waals surface area contributed by atoms with Gasteiger partial charge in [0.05, 0.1) is 12.2 Å². The van der Waals surface area contributed by atoms with Crippen LogP contribution in [0.5, 0.6) is 0 Å². The third kappa shape index (κ3) is 4.22. The maximum Gasteiger partial charge on any atom is 0.0608 e. The summed E-state index contributed by atoms with van der Waals surface area (Å²) in [5.41, 5.74) is 0.238. The highest BCUT2D eigenvalue weighted by atomic mass is 16.5. The Balaban J connectivity index is 1.60. The minimum Gasteiger partial charge on any atom is -0.375 e. The Morgan fingerprint density at radius 1 is 1.11 bits per heavy atom. The van der Waals surface area contributed by atoms with Crippen molar-refractivity contribution in [3.63, 3.8) is 0 Å². The smallest absolute Gasteiger partial charge is 0.0608 e. The highest BCUT2D eigenvalue weighted by Crippen LogP contribution is 2.28.